The summed E-state index contributed by atoms with van der Waals surface area (Å²) in [6, 6.07) is 13.9. The first-order valence-corrected chi connectivity index (χ1v) is 13.5. The summed E-state index contributed by atoms with van der Waals surface area (Å²) in [4.78, 5) is 19.5. The number of amides is 1. The van der Waals surface area contributed by atoms with Gasteiger partial charge in [-0.05, 0) is 49.4 Å². The molecular weight excluding hydrogens is 470 g/mol. The summed E-state index contributed by atoms with van der Waals surface area (Å²) in [6.45, 7) is 7.68. The highest BCUT2D eigenvalue weighted by Gasteiger charge is 2.28. The number of β-amino-alcohol motifs (C(OH)–C–C–N with tert-alkyl or cyclic N) is 2. The first-order chi connectivity index (χ1) is 17.9. The van der Waals surface area contributed by atoms with Crippen molar-refractivity contribution in [3.8, 4) is 11.5 Å². The van der Waals surface area contributed by atoms with E-state index in [1.165, 1.54) is 11.1 Å². The van der Waals surface area contributed by atoms with E-state index in [1.807, 2.05) is 19.1 Å². The molecule has 1 unspecified atom stereocenters. The lowest BCUT2D eigenvalue weighted by atomic mass is 10.00. The molecule has 0 aliphatic carbocycles. The van der Waals surface area contributed by atoms with Crippen molar-refractivity contribution in [3.05, 3.63) is 59.2 Å². The molecule has 0 bridgehead atoms. The van der Waals surface area contributed by atoms with Crippen LogP contribution in [0.2, 0.25) is 0 Å². The van der Waals surface area contributed by atoms with Crippen LogP contribution in [-0.2, 0) is 13.0 Å². The van der Waals surface area contributed by atoms with Crippen LogP contribution in [0.5, 0.6) is 11.5 Å². The van der Waals surface area contributed by atoms with Gasteiger partial charge in [-0.1, -0.05) is 24.3 Å². The summed E-state index contributed by atoms with van der Waals surface area (Å²) < 4.78 is 12.2. The van der Waals surface area contributed by atoms with Gasteiger partial charge in [-0.15, -0.1) is 0 Å². The molecule has 2 atom stereocenters. The molecule has 1 saturated heterocycles. The Hall–Kier alpha value is -2.65. The van der Waals surface area contributed by atoms with Gasteiger partial charge in [0.25, 0.3) is 5.91 Å². The molecule has 0 aromatic heterocycles. The number of rotatable bonds is 8. The molecule has 5 rings (SSSR count). The average molecular weight is 510 g/mol. The third-order valence-electron chi connectivity index (χ3n) is 7.56. The molecule has 3 heterocycles. The highest BCUT2D eigenvalue weighted by atomic mass is 16.5. The Morgan fingerprint density at radius 1 is 0.973 bits per heavy atom. The van der Waals surface area contributed by atoms with Gasteiger partial charge < -0.3 is 29.5 Å². The number of benzene rings is 2. The minimum absolute atomic E-state index is 0.109. The molecule has 0 saturated carbocycles. The number of fused-ring (bicyclic) bond motifs is 2. The lowest BCUT2D eigenvalue weighted by Crippen LogP contribution is -2.44. The van der Waals surface area contributed by atoms with Crippen LogP contribution in [-0.4, -0.2) is 102 Å². The van der Waals surface area contributed by atoms with E-state index in [2.05, 4.69) is 34.1 Å². The van der Waals surface area contributed by atoms with Crippen LogP contribution >= 0.6 is 0 Å². The Balaban J connectivity index is 1.15. The minimum Gasteiger partial charge on any atom is -0.491 e. The molecule has 1 fully saturated rings. The lowest BCUT2D eigenvalue weighted by molar-refractivity contribution is 0.0501. The highest BCUT2D eigenvalue weighted by molar-refractivity contribution is 5.97. The summed E-state index contributed by atoms with van der Waals surface area (Å²) >= 11 is 0. The van der Waals surface area contributed by atoms with E-state index < -0.39 is 6.10 Å². The second-order valence-electron chi connectivity index (χ2n) is 10.6. The first kappa shape index (κ1) is 26.0. The molecule has 3 aliphatic rings. The Morgan fingerprint density at radius 3 is 2.54 bits per heavy atom. The van der Waals surface area contributed by atoms with Gasteiger partial charge in [0, 0.05) is 51.9 Å². The maximum Gasteiger partial charge on any atom is 0.257 e. The molecule has 8 nitrogen and oxygen atoms in total. The number of hydrogen-bond acceptors (Lipinski definition) is 7. The number of aliphatic hydroxyl groups is 2. The minimum atomic E-state index is -0.627. The summed E-state index contributed by atoms with van der Waals surface area (Å²) in [5.41, 5.74) is 3.21. The zero-order valence-corrected chi connectivity index (χ0v) is 21.7. The van der Waals surface area contributed by atoms with E-state index in [4.69, 9.17) is 9.47 Å². The molecule has 0 spiro atoms. The van der Waals surface area contributed by atoms with Crippen LogP contribution < -0.4 is 9.47 Å². The van der Waals surface area contributed by atoms with Gasteiger partial charge in [-0.2, -0.15) is 0 Å². The van der Waals surface area contributed by atoms with Crippen LogP contribution in [0.1, 0.15) is 41.3 Å². The molecule has 200 valence electrons. The van der Waals surface area contributed by atoms with Crippen molar-refractivity contribution in [3.63, 3.8) is 0 Å². The van der Waals surface area contributed by atoms with Crippen molar-refractivity contribution in [2.24, 2.45) is 0 Å². The van der Waals surface area contributed by atoms with Gasteiger partial charge in [0.1, 0.15) is 24.2 Å². The number of likely N-dealkylation sites (tertiary alicyclic amines) is 1. The number of piperidine rings is 1. The predicted octanol–water partition coefficient (Wildman–Crippen LogP) is 2.16. The topological polar surface area (TPSA) is 85.7 Å². The Bertz CT molecular complexity index is 1070. The highest BCUT2D eigenvalue weighted by Crippen LogP contribution is 2.30. The number of ether oxygens (including phenoxy) is 2. The third-order valence-corrected chi connectivity index (χ3v) is 7.56. The number of nitrogens with zero attached hydrogens (tertiary/aromatic N) is 3. The summed E-state index contributed by atoms with van der Waals surface area (Å²) in [5.74, 6) is 1.13. The number of carbonyl (C=O) groups is 1. The normalized spacial score (nSPS) is 20.9. The Kier molecular flexibility index (Phi) is 8.30. The van der Waals surface area contributed by atoms with Crippen molar-refractivity contribution >= 4 is 5.91 Å². The summed E-state index contributed by atoms with van der Waals surface area (Å²) in [5, 5.41) is 20.4. The van der Waals surface area contributed by atoms with E-state index in [9.17, 15) is 15.0 Å². The molecule has 0 radical (unpaired) electrons. The molecule has 2 aromatic rings. The first-order valence-electron chi connectivity index (χ1n) is 13.5. The standard InChI is InChI=1S/C29H39N3O5/c1-21(33)17-30-12-9-25(10-13-30)37-26-6-7-27-28(16-26)36-15-14-32(29(27)35)20-24(34)19-31-11-8-22-4-2-3-5-23(22)18-31/h2-7,16,21,24-25,33-34H,8-15,17-20H2,1H3/t21?,24-/m1/s1. The van der Waals surface area contributed by atoms with Gasteiger partial charge in [0.2, 0.25) is 0 Å². The fraction of sp³-hybridized carbons (Fsp3) is 0.552. The maximum atomic E-state index is 13.3. The van der Waals surface area contributed by atoms with Crippen LogP contribution in [0.15, 0.2) is 42.5 Å². The monoisotopic (exact) mass is 509 g/mol. The average Bonchev–Trinajstić information content (AvgIpc) is 3.03. The van der Waals surface area contributed by atoms with Crippen molar-refractivity contribution < 1.29 is 24.5 Å². The fourth-order valence-electron chi connectivity index (χ4n) is 5.68. The molecule has 1 amide bonds. The van der Waals surface area contributed by atoms with Gasteiger partial charge in [-0.3, -0.25) is 9.69 Å². The maximum absolute atomic E-state index is 13.3. The van der Waals surface area contributed by atoms with Gasteiger partial charge in [0.05, 0.1) is 24.3 Å². The Morgan fingerprint density at radius 2 is 1.76 bits per heavy atom. The van der Waals surface area contributed by atoms with Gasteiger partial charge >= 0.3 is 0 Å². The third kappa shape index (κ3) is 6.62. The quantitative estimate of drug-likeness (QED) is 0.564. The second-order valence-corrected chi connectivity index (χ2v) is 10.6. The zero-order chi connectivity index (χ0) is 25.8. The summed E-state index contributed by atoms with van der Waals surface area (Å²) in [7, 11) is 0. The van der Waals surface area contributed by atoms with Crippen LogP contribution in [0.4, 0.5) is 0 Å². The van der Waals surface area contributed by atoms with Crippen molar-refractivity contribution in [1.82, 2.24) is 14.7 Å². The van der Waals surface area contributed by atoms with Crippen LogP contribution in [0, 0.1) is 0 Å². The molecule has 2 aromatic carbocycles. The molecule has 37 heavy (non-hydrogen) atoms. The molecule has 3 aliphatic heterocycles. The van der Waals surface area contributed by atoms with Crippen LogP contribution in [0.25, 0.3) is 0 Å². The van der Waals surface area contributed by atoms with E-state index in [-0.39, 0.29) is 24.7 Å². The smallest absolute Gasteiger partial charge is 0.257 e. The summed E-state index contributed by atoms with van der Waals surface area (Å²) in [6.07, 6.45) is 1.95. The van der Waals surface area contributed by atoms with E-state index in [0.29, 0.717) is 43.3 Å². The molecular formula is C29H39N3O5. The van der Waals surface area contributed by atoms with Crippen LogP contribution in [0.3, 0.4) is 0 Å². The predicted molar refractivity (Wildman–Crippen MR) is 141 cm³/mol. The van der Waals surface area contributed by atoms with Crippen molar-refractivity contribution in [1.29, 1.82) is 0 Å². The number of hydrogen-bond donors (Lipinski definition) is 2. The largest absolute Gasteiger partial charge is 0.491 e. The van der Waals surface area contributed by atoms with E-state index in [0.717, 1.165) is 45.4 Å². The Labute approximate surface area is 219 Å². The molecule has 2 N–H and O–H groups in total. The van der Waals surface area contributed by atoms with Gasteiger partial charge in [-0.25, -0.2) is 0 Å². The van der Waals surface area contributed by atoms with E-state index >= 15 is 0 Å². The SMILES string of the molecule is CC(O)CN1CCC(Oc2ccc3c(c2)OCCN(C[C@H](O)CN2CCc4ccccc4C2)C3=O)CC1. The van der Waals surface area contributed by atoms with E-state index in [1.54, 1.807) is 11.0 Å². The zero-order valence-electron chi connectivity index (χ0n) is 21.7. The molecule has 8 heteroatoms. The van der Waals surface area contributed by atoms with Gasteiger partial charge in [0.15, 0.2) is 0 Å². The van der Waals surface area contributed by atoms with Crippen molar-refractivity contribution in [2.45, 2.75) is 51.0 Å². The second kappa shape index (κ2) is 11.8. The fourth-order valence-corrected chi connectivity index (χ4v) is 5.68. The lowest BCUT2D eigenvalue weighted by Gasteiger charge is -2.32. The number of aliphatic hydroxyl groups excluding tert-OH is 2. The van der Waals surface area contributed by atoms with Crippen molar-refractivity contribution in [2.75, 3.05) is 52.4 Å². The number of carbonyl (C=O) groups excluding carboxylic acids is 1.